The maximum atomic E-state index is 13.0. The predicted octanol–water partition coefficient (Wildman–Crippen LogP) is 5.45. The molecule has 37 heavy (non-hydrogen) atoms. The van der Waals surface area contributed by atoms with Crippen LogP contribution in [0.4, 0.5) is 23.7 Å². The zero-order valence-electron chi connectivity index (χ0n) is 19.2. The predicted molar refractivity (Wildman–Crippen MR) is 128 cm³/mol. The van der Waals surface area contributed by atoms with Crippen molar-refractivity contribution >= 4 is 40.6 Å². The lowest BCUT2D eigenvalue weighted by molar-refractivity contribution is -0.385. The van der Waals surface area contributed by atoms with Crippen molar-refractivity contribution in [2.45, 2.75) is 25.4 Å². The Morgan fingerprint density at radius 1 is 1.08 bits per heavy atom. The number of para-hydroxylation sites is 1. The van der Waals surface area contributed by atoms with Gasteiger partial charge in [0.1, 0.15) is 12.3 Å². The van der Waals surface area contributed by atoms with E-state index < -0.39 is 39.2 Å². The molecule has 2 saturated heterocycles. The number of amides is 3. The number of carbonyl (C=O) groups is 3. The highest BCUT2D eigenvalue weighted by Crippen LogP contribution is 2.40. The number of hydrogen-bond acceptors (Lipinski definition) is 7. The fourth-order valence-electron chi connectivity index (χ4n) is 3.89. The van der Waals surface area contributed by atoms with E-state index >= 15 is 0 Å². The number of nitrogens with zero attached hydrogens (tertiary/aromatic N) is 3. The zero-order chi connectivity index (χ0) is 26.7. The van der Waals surface area contributed by atoms with Crippen LogP contribution in [0.2, 0.25) is 0 Å². The monoisotopic (exact) mass is 535 g/mol. The van der Waals surface area contributed by atoms with Gasteiger partial charge >= 0.3 is 11.9 Å². The summed E-state index contributed by atoms with van der Waals surface area (Å²) in [6, 6.07) is 7.93. The highest BCUT2D eigenvalue weighted by Gasteiger charge is 2.37. The zero-order valence-corrected chi connectivity index (χ0v) is 20.0. The molecule has 0 aliphatic carbocycles. The minimum absolute atomic E-state index is 0.00872. The number of nitro benzene ring substituents is 1. The molecule has 0 N–H and O–H groups in total. The van der Waals surface area contributed by atoms with Gasteiger partial charge in [0.25, 0.3) is 11.1 Å². The molecule has 2 aliphatic rings. The molecule has 0 bridgehead atoms. The highest BCUT2D eigenvalue weighted by molar-refractivity contribution is 8.18. The number of thioether (sulfide) groups is 1. The molecule has 0 saturated carbocycles. The second-order valence-electron chi connectivity index (χ2n) is 8.29. The van der Waals surface area contributed by atoms with Crippen LogP contribution in [0.5, 0.6) is 11.5 Å². The van der Waals surface area contributed by atoms with Gasteiger partial charge in [-0.05, 0) is 55.3 Å². The lowest BCUT2D eigenvalue weighted by Gasteiger charge is -2.27. The lowest BCUT2D eigenvalue weighted by atomic mass is 10.1. The first-order valence-corrected chi connectivity index (χ1v) is 12.0. The van der Waals surface area contributed by atoms with E-state index in [2.05, 4.69) is 0 Å². The lowest BCUT2D eigenvalue weighted by Crippen LogP contribution is -2.44. The van der Waals surface area contributed by atoms with Crippen LogP contribution in [0.3, 0.4) is 0 Å². The van der Waals surface area contributed by atoms with E-state index in [4.69, 9.17) is 4.74 Å². The molecule has 0 aromatic heterocycles. The van der Waals surface area contributed by atoms with Crippen molar-refractivity contribution in [2.24, 2.45) is 0 Å². The van der Waals surface area contributed by atoms with Gasteiger partial charge in [0.2, 0.25) is 11.7 Å². The van der Waals surface area contributed by atoms with Crippen LogP contribution in [0, 0.1) is 10.1 Å². The fourth-order valence-corrected chi connectivity index (χ4v) is 4.72. The van der Waals surface area contributed by atoms with Gasteiger partial charge in [-0.3, -0.25) is 29.4 Å². The first-order valence-electron chi connectivity index (χ1n) is 11.2. The Labute approximate surface area is 213 Å². The number of alkyl halides is 3. The van der Waals surface area contributed by atoms with Crippen molar-refractivity contribution in [1.82, 2.24) is 9.80 Å². The number of carbonyl (C=O) groups excluding carboxylic acids is 3. The molecule has 0 spiro atoms. The normalized spacial score (nSPS) is 17.4. The van der Waals surface area contributed by atoms with E-state index in [1.807, 2.05) is 0 Å². The molecule has 0 atom stereocenters. The number of rotatable bonds is 6. The smallest absolute Gasteiger partial charge is 0.416 e. The average molecular weight is 536 g/mol. The summed E-state index contributed by atoms with van der Waals surface area (Å²) in [5.41, 5.74) is -1.83. The summed E-state index contributed by atoms with van der Waals surface area (Å²) in [5.74, 6) is -1.40. The largest absolute Gasteiger partial charge is 0.449 e. The van der Waals surface area contributed by atoms with Crippen LogP contribution < -0.4 is 4.74 Å². The summed E-state index contributed by atoms with van der Waals surface area (Å²) in [6.45, 7) is 0.773. The molecule has 194 valence electrons. The SMILES string of the molecule is O=C(CN1C(=O)S/C(=C/c2ccccc2Oc2ccc(C(F)(F)F)cc2[N+](=O)[O-])C1=O)N1CCCCC1. The molecule has 2 aromatic rings. The van der Waals surface area contributed by atoms with Crippen molar-refractivity contribution < 1.29 is 37.2 Å². The Bertz CT molecular complexity index is 1290. The summed E-state index contributed by atoms with van der Waals surface area (Å²) in [5, 5.41) is 10.8. The van der Waals surface area contributed by atoms with Crippen LogP contribution in [0.1, 0.15) is 30.4 Å². The highest BCUT2D eigenvalue weighted by atomic mass is 32.2. The maximum Gasteiger partial charge on any atom is 0.416 e. The average Bonchev–Trinajstić information content (AvgIpc) is 3.12. The van der Waals surface area contributed by atoms with Crippen molar-refractivity contribution in [1.29, 1.82) is 0 Å². The molecule has 3 amide bonds. The van der Waals surface area contributed by atoms with Crippen LogP contribution >= 0.6 is 11.8 Å². The summed E-state index contributed by atoms with van der Waals surface area (Å²) >= 11 is 0.632. The molecular formula is C24H20F3N3O6S. The van der Waals surface area contributed by atoms with Crippen LogP contribution in [-0.4, -0.2) is 51.4 Å². The van der Waals surface area contributed by atoms with E-state index in [-0.39, 0.29) is 28.7 Å². The van der Waals surface area contributed by atoms with E-state index in [0.29, 0.717) is 37.0 Å². The van der Waals surface area contributed by atoms with Crippen molar-refractivity contribution in [2.75, 3.05) is 19.6 Å². The van der Waals surface area contributed by atoms with E-state index in [9.17, 15) is 37.7 Å². The number of imide groups is 1. The number of hydrogen-bond donors (Lipinski definition) is 0. The second-order valence-corrected chi connectivity index (χ2v) is 9.28. The Morgan fingerprint density at radius 3 is 2.46 bits per heavy atom. The van der Waals surface area contributed by atoms with Crippen molar-refractivity contribution in [3.05, 3.63) is 68.6 Å². The van der Waals surface area contributed by atoms with Gasteiger partial charge in [0.05, 0.1) is 15.4 Å². The van der Waals surface area contributed by atoms with Crippen LogP contribution in [0.25, 0.3) is 6.08 Å². The molecule has 9 nitrogen and oxygen atoms in total. The molecule has 2 heterocycles. The minimum Gasteiger partial charge on any atom is -0.449 e. The molecule has 13 heteroatoms. The number of nitro groups is 1. The number of likely N-dealkylation sites (tertiary alicyclic amines) is 1. The van der Waals surface area contributed by atoms with Crippen LogP contribution in [0.15, 0.2) is 47.4 Å². The van der Waals surface area contributed by atoms with Gasteiger partial charge in [0, 0.05) is 24.7 Å². The summed E-state index contributed by atoms with van der Waals surface area (Å²) in [6.07, 6.45) is -0.699. The molecular weight excluding hydrogens is 515 g/mol. The first kappa shape index (κ1) is 26.2. The molecule has 4 rings (SSSR count). The summed E-state index contributed by atoms with van der Waals surface area (Å²) in [4.78, 5) is 50.8. The van der Waals surface area contributed by atoms with E-state index in [0.717, 1.165) is 30.2 Å². The van der Waals surface area contributed by atoms with Gasteiger partial charge in [-0.15, -0.1) is 0 Å². The van der Waals surface area contributed by atoms with E-state index in [1.165, 1.54) is 24.3 Å². The third-order valence-corrected chi connectivity index (χ3v) is 6.69. The van der Waals surface area contributed by atoms with Crippen LogP contribution in [-0.2, 0) is 15.8 Å². The van der Waals surface area contributed by atoms with Gasteiger partial charge < -0.3 is 9.64 Å². The molecule has 0 radical (unpaired) electrons. The number of benzene rings is 2. The molecule has 2 fully saturated rings. The number of ether oxygens (including phenoxy) is 1. The Hall–Kier alpha value is -3.87. The van der Waals surface area contributed by atoms with Crippen molar-refractivity contribution in [3.8, 4) is 11.5 Å². The quantitative estimate of drug-likeness (QED) is 0.275. The Kier molecular flexibility index (Phi) is 7.52. The molecule has 2 aliphatic heterocycles. The molecule has 2 aromatic carbocycles. The first-order chi connectivity index (χ1) is 17.5. The van der Waals surface area contributed by atoms with Gasteiger partial charge in [-0.1, -0.05) is 18.2 Å². The molecule has 0 unspecified atom stereocenters. The minimum atomic E-state index is -4.78. The van der Waals surface area contributed by atoms with Gasteiger partial charge in [-0.2, -0.15) is 13.2 Å². The van der Waals surface area contributed by atoms with Gasteiger partial charge in [-0.25, -0.2) is 0 Å². The third-order valence-electron chi connectivity index (χ3n) is 5.78. The third kappa shape index (κ3) is 5.93. The maximum absolute atomic E-state index is 13.0. The number of piperidine rings is 1. The van der Waals surface area contributed by atoms with E-state index in [1.54, 1.807) is 11.0 Å². The number of halogens is 3. The fraction of sp³-hybridized carbons (Fsp3) is 0.292. The summed E-state index contributed by atoms with van der Waals surface area (Å²) in [7, 11) is 0. The second kappa shape index (κ2) is 10.6. The van der Waals surface area contributed by atoms with Crippen molar-refractivity contribution in [3.63, 3.8) is 0 Å². The summed E-state index contributed by atoms with van der Waals surface area (Å²) < 4.78 is 44.6. The Morgan fingerprint density at radius 2 is 1.78 bits per heavy atom. The Balaban J connectivity index is 1.57. The van der Waals surface area contributed by atoms with Gasteiger partial charge in [0.15, 0.2) is 0 Å². The topological polar surface area (TPSA) is 110 Å². The standard InChI is InChI=1S/C24H20F3N3O6S/c25-24(26,27)16-8-9-19(17(13-16)30(34)35)36-18-7-3-2-6-15(18)12-20-22(32)29(23(33)37-20)14-21(31)28-10-4-1-5-11-28/h2-3,6-9,12-13H,1,4-5,10-11,14H2/b20-12+.